The van der Waals surface area contributed by atoms with Gasteiger partial charge in [-0.15, -0.1) is 0 Å². The van der Waals surface area contributed by atoms with E-state index in [9.17, 15) is 22.4 Å². The molecule has 1 rings (SSSR count). The van der Waals surface area contributed by atoms with Crippen molar-refractivity contribution in [3.8, 4) is 0 Å². The molecule has 0 spiro atoms. The Morgan fingerprint density at radius 1 is 1.33 bits per heavy atom. The lowest BCUT2D eigenvalue weighted by atomic mass is 10.1. The first-order chi connectivity index (χ1) is 9.70. The normalized spacial score (nSPS) is 11.8. The van der Waals surface area contributed by atoms with Crippen LogP contribution in [0, 0.1) is 11.7 Å². The van der Waals surface area contributed by atoms with Gasteiger partial charge in [-0.1, -0.05) is 13.8 Å². The van der Waals surface area contributed by atoms with E-state index in [1.54, 1.807) is 0 Å². The summed E-state index contributed by atoms with van der Waals surface area (Å²) in [7, 11) is 0. The first kappa shape index (κ1) is 17.4. The zero-order valence-corrected chi connectivity index (χ0v) is 11.8. The van der Waals surface area contributed by atoms with E-state index in [0.717, 1.165) is 12.1 Å². The molecule has 0 aliphatic heterocycles. The molecule has 1 aromatic carbocycles. The number of amides is 1. The molecule has 0 saturated carbocycles. The van der Waals surface area contributed by atoms with Crippen LogP contribution < -0.4 is 5.32 Å². The Labute approximate surface area is 120 Å². The third-order valence-electron chi connectivity index (χ3n) is 2.49. The van der Waals surface area contributed by atoms with Gasteiger partial charge in [0.2, 0.25) is 5.91 Å². The van der Waals surface area contributed by atoms with Crippen LogP contribution in [0.4, 0.5) is 23.2 Å². The number of halogens is 4. The monoisotopic (exact) mass is 307 g/mol. The van der Waals surface area contributed by atoms with Gasteiger partial charge in [0.1, 0.15) is 5.82 Å². The summed E-state index contributed by atoms with van der Waals surface area (Å²) >= 11 is 0. The maximum Gasteiger partial charge on any atom is 0.418 e. The maximum atomic E-state index is 12.9. The summed E-state index contributed by atoms with van der Waals surface area (Å²) in [5.41, 5.74) is -1.67. The van der Waals surface area contributed by atoms with E-state index in [1.807, 2.05) is 13.8 Å². The van der Waals surface area contributed by atoms with Crippen LogP contribution >= 0.6 is 0 Å². The average molecular weight is 307 g/mol. The predicted molar refractivity (Wildman–Crippen MR) is 70.3 cm³/mol. The highest BCUT2D eigenvalue weighted by Gasteiger charge is 2.34. The fourth-order valence-corrected chi connectivity index (χ4v) is 1.56. The molecule has 0 atom stereocenters. The zero-order chi connectivity index (χ0) is 16.0. The number of benzene rings is 1. The summed E-state index contributed by atoms with van der Waals surface area (Å²) < 4.78 is 56.3. The molecule has 0 fully saturated rings. The highest BCUT2D eigenvalue weighted by Crippen LogP contribution is 2.35. The second-order valence-electron chi connectivity index (χ2n) is 4.95. The van der Waals surface area contributed by atoms with Crippen LogP contribution in [0.25, 0.3) is 0 Å². The molecular weight excluding hydrogens is 290 g/mol. The molecule has 0 aliphatic rings. The summed E-state index contributed by atoms with van der Waals surface area (Å²) in [5.74, 6) is -1.32. The topological polar surface area (TPSA) is 38.3 Å². The highest BCUT2D eigenvalue weighted by molar-refractivity contribution is 5.91. The Morgan fingerprint density at radius 3 is 2.57 bits per heavy atom. The summed E-state index contributed by atoms with van der Waals surface area (Å²) in [6.45, 7) is 4.46. The number of ether oxygens (including phenoxy) is 1. The molecule has 3 nitrogen and oxygen atoms in total. The van der Waals surface area contributed by atoms with Crippen molar-refractivity contribution in [2.24, 2.45) is 5.92 Å². The number of nitrogens with one attached hydrogen (secondary N) is 1. The Hall–Kier alpha value is -1.63. The molecule has 0 aromatic heterocycles. The van der Waals surface area contributed by atoms with Gasteiger partial charge in [-0.3, -0.25) is 4.79 Å². The standard InChI is InChI=1S/C14H17F4NO2/c1-9(2)8-21-6-5-13(20)19-12-4-3-10(15)7-11(12)14(16,17)18/h3-4,7,9H,5-6,8H2,1-2H3,(H,19,20). The average Bonchev–Trinajstić information content (AvgIpc) is 2.35. The quantitative estimate of drug-likeness (QED) is 0.640. The van der Waals surface area contributed by atoms with Gasteiger partial charge in [0.25, 0.3) is 0 Å². The van der Waals surface area contributed by atoms with Gasteiger partial charge in [-0.25, -0.2) is 4.39 Å². The van der Waals surface area contributed by atoms with E-state index in [2.05, 4.69) is 5.32 Å². The van der Waals surface area contributed by atoms with E-state index >= 15 is 0 Å². The molecule has 1 N–H and O–H groups in total. The van der Waals surface area contributed by atoms with Crippen molar-refractivity contribution in [3.63, 3.8) is 0 Å². The Morgan fingerprint density at radius 2 is 2.00 bits per heavy atom. The van der Waals surface area contributed by atoms with Gasteiger partial charge in [0, 0.05) is 6.61 Å². The van der Waals surface area contributed by atoms with Crippen molar-refractivity contribution in [3.05, 3.63) is 29.6 Å². The minimum Gasteiger partial charge on any atom is -0.381 e. The lowest BCUT2D eigenvalue weighted by Crippen LogP contribution is -2.18. The van der Waals surface area contributed by atoms with Crippen LogP contribution in [-0.2, 0) is 15.7 Å². The summed E-state index contributed by atoms with van der Waals surface area (Å²) in [5, 5.41) is 2.13. The molecule has 0 bridgehead atoms. The van der Waals surface area contributed by atoms with Gasteiger partial charge in [-0.2, -0.15) is 13.2 Å². The molecule has 0 saturated heterocycles. The van der Waals surface area contributed by atoms with Crippen LogP contribution in [0.2, 0.25) is 0 Å². The third kappa shape index (κ3) is 6.12. The number of carbonyl (C=O) groups excluding carboxylic acids is 1. The van der Waals surface area contributed by atoms with Crippen LogP contribution in [0.3, 0.4) is 0 Å². The lowest BCUT2D eigenvalue weighted by molar-refractivity contribution is -0.137. The molecule has 0 radical (unpaired) electrons. The first-order valence-corrected chi connectivity index (χ1v) is 6.44. The van der Waals surface area contributed by atoms with Crippen molar-refractivity contribution in [1.29, 1.82) is 0 Å². The van der Waals surface area contributed by atoms with Crippen LogP contribution in [0.15, 0.2) is 18.2 Å². The fourth-order valence-electron chi connectivity index (χ4n) is 1.56. The molecule has 1 amide bonds. The number of alkyl halides is 3. The number of anilines is 1. The predicted octanol–water partition coefficient (Wildman–Crippen LogP) is 3.85. The van der Waals surface area contributed by atoms with Crippen molar-refractivity contribution in [2.75, 3.05) is 18.5 Å². The van der Waals surface area contributed by atoms with E-state index in [1.165, 1.54) is 0 Å². The molecule has 1 aromatic rings. The van der Waals surface area contributed by atoms with Gasteiger partial charge in [-0.05, 0) is 24.1 Å². The smallest absolute Gasteiger partial charge is 0.381 e. The summed E-state index contributed by atoms with van der Waals surface area (Å²) in [6, 6.07) is 2.11. The third-order valence-corrected chi connectivity index (χ3v) is 2.49. The van der Waals surface area contributed by atoms with Gasteiger partial charge in [0.05, 0.1) is 24.3 Å². The number of hydrogen-bond acceptors (Lipinski definition) is 2. The molecular formula is C14H17F4NO2. The van der Waals surface area contributed by atoms with E-state index in [4.69, 9.17) is 4.74 Å². The van der Waals surface area contributed by atoms with E-state index in [-0.39, 0.29) is 13.0 Å². The molecule has 21 heavy (non-hydrogen) atoms. The summed E-state index contributed by atoms with van der Waals surface area (Å²) in [4.78, 5) is 11.6. The minimum atomic E-state index is -4.74. The van der Waals surface area contributed by atoms with Gasteiger partial charge < -0.3 is 10.1 Å². The highest BCUT2D eigenvalue weighted by atomic mass is 19.4. The van der Waals surface area contributed by atoms with Gasteiger partial charge >= 0.3 is 6.18 Å². The van der Waals surface area contributed by atoms with Gasteiger partial charge in [0.15, 0.2) is 0 Å². The molecule has 7 heteroatoms. The number of carbonyl (C=O) groups is 1. The molecule has 0 aliphatic carbocycles. The second-order valence-corrected chi connectivity index (χ2v) is 4.95. The van der Waals surface area contributed by atoms with Crippen LogP contribution in [0.5, 0.6) is 0 Å². The van der Waals surface area contributed by atoms with Crippen molar-refractivity contribution < 1.29 is 27.1 Å². The number of rotatable bonds is 6. The Bertz CT molecular complexity index is 486. The SMILES string of the molecule is CC(C)COCCC(=O)Nc1ccc(F)cc1C(F)(F)F. The lowest BCUT2D eigenvalue weighted by Gasteiger charge is -2.14. The molecule has 0 heterocycles. The van der Waals surface area contributed by atoms with Crippen LogP contribution in [-0.4, -0.2) is 19.1 Å². The Kier molecular flexibility index (Phi) is 6.14. The summed E-state index contributed by atoms with van der Waals surface area (Å²) in [6.07, 6.45) is -4.81. The first-order valence-electron chi connectivity index (χ1n) is 6.44. The van der Waals surface area contributed by atoms with Crippen molar-refractivity contribution >= 4 is 11.6 Å². The Balaban J connectivity index is 2.64. The maximum absolute atomic E-state index is 12.9. The van der Waals surface area contributed by atoms with Crippen molar-refractivity contribution in [2.45, 2.75) is 26.4 Å². The fraction of sp³-hybridized carbons (Fsp3) is 0.500. The van der Waals surface area contributed by atoms with Crippen molar-refractivity contribution in [1.82, 2.24) is 0 Å². The second kappa shape index (κ2) is 7.40. The molecule has 118 valence electrons. The van der Waals surface area contributed by atoms with Crippen LogP contribution in [0.1, 0.15) is 25.8 Å². The van der Waals surface area contributed by atoms with E-state index in [0.29, 0.717) is 18.6 Å². The largest absolute Gasteiger partial charge is 0.418 e. The number of hydrogen-bond donors (Lipinski definition) is 1. The molecule has 0 unspecified atom stereocenters. The van der Waals surface area contributed by atoms with E-state index < -0.39 is 29.2 Å². The zero-order valence-electron chi connectivity index (χ0n) is 11.8. The minimum absolute atomic E-state index is 0.0681.